The number of aromatic hydroxyl groups is 1. The molecule has 0 unspecified atom stereocenters. The van der Waals surface area contributed by atoms with E-state index in [9.17, 15) is 9.90 Å². The summed E-state index contributed by atoms with van der Waals surface area (Å²) in [5.41, 5.74) is 1.24. The van der Waals surface area contributed by atoms with E-state index in [1.54, 1.807) is 48.5 Å². The number of fused-ring (bicyclic) bond motifs is 1. The summed E-state index contributed by atoms with van der Waals surface area (Å²) >= 11 is 0. The van der Waals surface area contributed by atoms with Gasteiger partial charge in [0.25, 0.3) is 11.7 Å². The number of hydrogen-bond acceptors (Lipinski definition) is 11. The highest BCUT2D eigenvalue weighted by Crippen LogP contribution is 2.25. The number of oxime groups is 3. The Labute approximate surface area is 183 Å². The number of aliphatic hydroxyl groups excluding tert-OH is 1. The van der Waals surface area contributed by atoms with Crippen LogP contribution in [0.2, 0.25) is 0 Å². The van der Waals surface area contributed by atoms with Gasteiger partial charge >= 0.3 is 5.90 Å². The molecular weight excluding hydrogens is 422 g/mol. The Morgan fingerprint density at radius 3 is 2.62 bits per heavy atom. The number of hydrogen-bond donors (Lipinski definition) is 2. The fraction of sp³-hybridized carbons (Fsp3) is 0.238. The molecule has 0 saturated heterocycles. The Hall–Kier alpha value is -4.12. The number of Topliss-reactive ketones (excluding diaryl/α,β-unsaturated/α-hetero) is 1. The van der Waals surface area contributed by atoms with Gasteiger partial charge in [0.05, 0.1) is 17.7 Å². The standard InChI is InChI=1S/C11H12N2O4.C10H9NO4/c1-15-12-10(11-13-17-7-6-16-11)8-4-2-3-5-9(8)14;12-5-6-14-11-10-9(13)7-3-1-2-4-8(7)15-10/h2-5,14H,6-7H2,1H3;1-4,12H,5-6H2. The lowest BCUT2D eigenvalue weighted by molar-refractivity contribution is 0.0672. The number of ether oxygens (including phenoxy) is 2. The molecule has 0 amide bonds. The summed E-state index contributed by atoms with van der Waals surface area (Å²) < 4.78 is 10.5. The van der Waals surface area contributed by atoms with Crippen LogP contribution in [0.5, 0.6) is 11.5 Å². The first-order valence-electron chi connectivity index (χ1n) is 9.50. The van der Waals surface area contributed by atoms with Crippen LogP contribution in [0, 0.1) is 0 Å². The molecule has 0 radical (unpaired) electrons. The number of carbonyl (C=O) groups excluding carboxylic acids is 1. The lowest BCUT2D eigenvalue weighted by Gasteiger charge is -2.15. The zero-order valence-corrected chi connectivity index (χ0v) is 17.1. The molecule has 2 aliphatic rings. The third-order valence-corrected chi connectivity index (χ3v) is 3.97. The second-order valence-electron chi connectivity index (χ2n) is 6.10. The van der Waals surface area contributed by atoms with Crippen molar-refractivity contribution >= 4 is 23.3 Å². The molecule has 0 aromatic heterocycles. The minimum Gasteiger partial charge on any atom is -0.507 e. The number of nitrogens with zero attached hydrogens (tertiary/aromatic N) is 3. The normalized spacial score (nSPS) is 15.9. The SMILES string of the molecule is CON=C(C1=NOCCO1)c1ccccc1O.O=C1C(=NOCCO)Oc2ccccc21. The van der Waals surface area contributed by atoms with Crippen LogP contribution in [-0.4, -0.2) is 67.0 Å². The predicted octanol–water partition coefficient (Wildman–Crippen LogP) is 1.69. The first-order chi connectivity index (χ1) is 15.7. The van der Waals surface area contributed by atoms with Crippen molar-refractivity contribution in [2.45, 2.75) is 0 Å². The quantitative estimate of drug-likeness (QED) is 0.390. The van der Waals surface area contributed by atoms with Gasteiger partial charge in [-0.2, -0.15) is 0 Å². The van der Waals surface area contributed by atoms with E-state index in [1.165, 1.54) is 7.11 Å². The Bertz CT molecular complexity index is 1040. The van der Waals surface area contributed by atoms with E-state index in [4.69, 9.17) is 24.3 Å². The fourth-order valence-corrected chi connectivity index (χ4v) is 2.60. The first-order valence-corrected chi connectivity index (χ1v) is 9.50. The third kappa shape index (κ3) is 5.52. The molecule has 11 heteroatoms. The molecular formula is C21H21N3O8. The van der Waals surface area contributed by atoms with Gasteiger partial charge in [-0.3, -0.25) is 4.79 Å². The van der Waals surface area contributed by atoms with E-state index in [0.717, 1.165) is 0 Å². The number of aliphatic hydroxyl groups is 1. The maximum atomic E-state index is 11.6. The summed E-state index contributed by atoms with van der Waals surface area (Å²) in [4.78, 5) is 25.9. The number of benzene rings is 2. The van der Waals surface area contributed by atoms with Crippen LogP contribution in [0.25, 0.3) is 0 Å². The molecule has 11 nitrogen and oxygen atoms in total. The Kier molecular flexibility index (Phi) is 7.98. The van der Waals surface area contributed by atoms with Gasteiger partial charge in [0.1, 0.15) is 31.8 Å². The van der Waals surface area contributed by atoms with Crippen LogP contribution in [0.3, 0.4) is 0 Å². The molecule has 32 heavy (non-hydrogen) atoms. The Morgan fingerprint density at radius 2 is 1.94 bits per heavy atom. The van der Waals surface area contributed by atoms with Crippen molar-refractivity contribution in [3.8, 4) is 11.5 Å². The van der Waals surface area contributed by atoms with Crippen LogP contribution in [0.15, 0.2) is 64.0 Å². The van der Waals surface area contributed by atoms with Crippen LogP contribution in [0.4, 0.5) is 0 Å². The third-order valence-electron chi connectivity index (χ3n) is 3.97. The second kappa shape index (κ2) is 11.3. The zero-order valence-electron chi connectivity index (χ0n) is 17.1. The van der Waals surface area contributed by atoms with Crippen molar-refractivity contribution in [3.63, 3.8) is 0 Å². The highest BCUT2D eigenvalue weighted by Gasteiger charge is 2.29. The Balaban J connectivity index is 0.000000182. The smallest absolute Gasteiger partial charge is 0.304 e. The van der Waals surface area contributed by atoms with Crippen LogP contribution in [0.1, 0.15) is 15.9 Å². The van der Waals surface area contributed by atoms with Gasteiger partial charge in [-0.05, 0) is 34.6 Å². The van der Waals surface area contributed by atoms with Crippen LogP contribution >= 0.6 is 0 Å². The summed E-state index contributed by atoms with van der Waals surface area (Å²) in [6.45, 7) is 0.661. The molecule has 0 atom stereocenters. The van der Waals surface area contributed by atoms with E-state index in [-0.39, 0.29) is 36.5 Å². The summed E-state index contributed by atoms with van der Waals surface area (Å²) in [6, 6.07) is 13.6. The molecule has 0 spiro atoms. The topological polar surface area (TPSA) is 141 Å². The van der Waals surface area contributed by atoms with Crippen LogP contribution in [-0.2, 0) is 19.2 Å². The van der Waals surface area contributed by atoms with Crippen molar-refractivity contribution in [3.05, 3.63) is 59.7 Å². The number of phenolic OH excluding ortho intramolecular Hbond substituents is 1. The highest BCUT2D eigenvalue weighted by atomic mass is 16.7. The first kappa shape index (κ1) is 22.6. The van der Waals surface area contributed by atoms with E-state index < -0.39 is 0 Å². The van der Waals surface area contributed by atoms with E-state index >= 15 is 0 Å². The van der Waals surface area contributed by atoms with E-state index in [0.29, 0.717) is 35.8 Å². The lowest BCUT2D eigenvalue weighted by Crippen LogP contribution is -2.25. The van der Waals surface area contributed by atoms with E-state index in [2.05, 4.69) is 20.3 Å². The predicted molar refractivity (Wildman–Crippen MR) is 113 cm³/mol. The molecule has 0 saturated carbocycles. The highest BCUT2D eigenvalue weighted by molar-refractivity contribution is 6.46. The second-order valence-corrected chi connectivity index (χ2v) is 6.10. The molecule has 4 rings (SSSR count). The number of para-hydroxylation sites is 2. The maximum Gasteiger partial charge on any atom is 0.304 e. The van der Waals surface area contributed by atoms with Crippen molar-refractivity contribution in [1.29, 1.82) is 0 Å². The van der Waals surface area contributed by atoms with Gasteiger partial charge in [-0.15, -0.1) is 0 Å². The zero-order chi connectivity index (χ0) is 22.8. The van der Waals surface area contributed by atoms with Gasteiger partial charge in [0.2, 0.25) is 0 Å². The molecule has 0 aliphatic carbocycles. The molecule has 2 N–H and O–H groups in total. The van der Waals surface area contributed by atoms with Gasteiger partial charge in [-0.1, -0.05) is 29.4 Å². The molecule has 2 aromatic carbocycles. The summed E-state index contributed by atoms with van der Waals surface area (Å²) in [5.74, 6) is 0.349. The van der Waals surface area contributed by atoms with Crippen LogP contribution < -0.4 is 4.74 Å². The molecule has 2 heterocycles. The minimum atomic E-state index is -0.302. The number of carbonyl (C=O) groups is 1. The maximum absolute atomic E-state index is 11.6. The molecule has 2 aliphatic heterocycles. The van der Waals surface area contributed by atoms with Crippen molar-refractivity contribution in [1.82, 2.24) is 0 Å². The summed E-state index contributed by atoms with van der Waals surface area (Å²) in [7, 11) is 1.41. The number of ketones is 1. The van der Waals surface area contributed by atoms with E-state index in [1.807, 2.05) is 0 Å². The Morgan fingerprint density at radius 1 is 1.16 bits per heavy atom. The molecule has 0 bridgehead atoms. The van der Waals surface area contributed by atoms with Gasteiger partial charge in [-0.25, -0.2) is 0 Å². The monoisotopic (exact) mass is 443 g/mol. The summed E-state index contributed by atoms with van der Waals surface area (Å²) in [5, 5.41) is 29.2. The molecule has 2 aromatic rings. The molecule has 168 valence electrons. The average molecular weight is 443 g/mol. The number of rotatable bonds is 6. The fourth-order valence-electron chi connectivity index (χ4n) is 2.60. The van der Waals surface area contributed by atoms with Crippen molar-refractivity contribution in [2.75, 3.05) is 33.5 Å². The van der Waals surface area contributed by atoms with Gasteiger partial charge < -0.3 is 34.2 Å². The molecule has 0 fully saturated rings. The lowest BCUT2D eigenvalue weighted by atomic mass is 10.1. The average Bonchev–Trinajstić information content (AvgIpc) is 3.15. The van der Waals surface area contributed by atoms with Gasteiger partial charge in [0, 0.05) is 0 Å². The minimum absolute atomic E-state index is 0.0382. The largest absolute Gasteiger partial charge is 0.507 e. The van der Waals surface area contributed by atoms with Gasteiger partial charge in [0.15, 0.2) is 12.3 Å². The van der Waals surface area contributed by atoms with Crippen molar-refractivity contribution < 1.29 is 39.0 Å². The number of phenols is 1. The summed E-state index contributed by atoms with van der Waals surface area (Å²) in [6.07, 6.45) is 0. The van der Waals surface area contributed by atoms with Crippen molar-refractivity contribution in [2.24, 2.45) is 15.5 Å².